The van der Waals surface area contributed by atoms with Gasteiger partial charge in [-0.1, -0.05) is 42.5 Å². The molecule has 1 N–H and O–H groups in total. The quantitative estimate of drug-likeness (QED) is 0.453. The van der Waals surface area contributed by atoms with E-state index < -0.39 is 26.6 Å². The first-order valence-electron chi connectivity index (χ1n) is 8.52. The molecule has 3 aromatic carbocycles. The van der Waals surface area contributed by atoms with Crippen LogP contribution in [0.2, 0.25) is 0 Å². The Morgan fingerprint density at radius 3 is 2.41 bits per heavy atom. The molecule has 4 nitrogen and oxygen atoms in total. The number of aromatic nitrogens is 1. The van der Waals surface area contributed by atoms with Gasteiger partial charge in [-0.25, -0.2) is 22.2 Å². The van der Waals surface area contributed by atoms with E-state index in [0.29, 0.717) is 17.3 Å². The molecule has 1 heterocycles. The van der Waals surface area contributed by atoms with Crippen molar-refractivity contribution in [1.29, 1.82) is 0 Å². The van der Waals surface area contributed by atoms with E-state index in [1.807, 2.05) is 35.7 Å². The molecule has 0 atom stereocenters. The summed E-state index contributed by atoms with van der Waals surface area (Å²) in [5, 5.41) is 2.72. The van der Waals surface area contributed by atoms with E-state index in [-0.39, 0.29) is 5.69 Å². The Labute approximate surface area is 170 Å². The van der Waals surface area contributed by atoms with Crippen LogP contribution in [0.5, 0.6) is 0 Å². The van der Waals surface area contributed by atoms with Gasteiger partial charge in [0.05, 0.1) is 5.69 Å². The van der Waals surface area contributed by atoms with Gasteiger partial charge in [-0.15, -0.1) is 11.3 Å². The third-order valence-corrected chi connectivity index (χ3v) is 6.41. The lowest BCUT2D eigenvalue weighted by atomic mass is 10.1. The lowest BCUT2D eigenvalue weighted by Gasteiger charge is -2.10. The molecular weight excluding hydrogens is 414 g/mol. The first-order chi connectivity index (χ1) is 13.9. The predicted octanol–water partition coefficient (Wildman–Crippen LogP) is 5.56. The van der Waals surface area contributed by atoms with E-state index in [0.717, 1.165) is 22.7 Å². The summed E-state index contributed by atoms with van der Waals surface area (Å²) >= 11 is 1.48. The monoisotopic (exact) mass is 428 g/mol. The number of benzene rings is 3. The summed E-state index contributed by atoms with van der Waals surface area (Å²) in [6, 6.07) is 18.6. The van der Waals surface area contributed by atoms with Crippen molar-refractivity contribution in [3.05, 3.63) is 89.8 Å². The standard InChI is InChI=1S/C21H14F2N2O2S2/c22-16-9-10-18(23)20(12-16)29(26,27)25-17-8-4-7-15(11-17)19-13-28-21(24-19)14-5-2-1-3-6-14/h1-13,25H. The SMILES string of the molecule is O=S(=O)(Nc1cccc(-c2csc(-c3ccccc3)n2)c1)c1cc(F)ccc1F. The molecule has 0 unspecified atom stereocenters. The van der Waals surface area contributed by atoms with Crippen LogP contribution < -0.4 is 4.72 Å². The molecule has 29 heavy (non-hydrogen) atoms. The molecular formula is C21H14F2N2O2S2. The van der Waals surface area contributed by atoms with Gasteiger partial charge in [0, 0.05) is 22.2 Å². The van der Waals surface area contributed by atoms with E-state index in [4.69, 9.17) is 0 Å². The third kappa shape index (κ3) is 4.18. The summed E-state index contributed by atoms with van der Waals surface area (Å²) in [4.78, 5) is 3.86. The van der Waals surface area contributed by atoms with Gasteiger partial charge < -0.3 is 0 Å². The summed E-state index contributed by atoms with van der Waals surface area (Å²) in [7, 11) is -4.29. The van der Waals surface area contributed by atoms with Crippen LogP contribution in [0.25, 0.3) is 21.8 Å². The second-order valence-corrected chi connectivity index (χ2v) is 8.67. The number of thiazole rings is 1. The van der Waals surface area contributed by atoms with Crippen LogP contribution in [0.1, 0.15) is 0 Å². The molecule has 0 aliphatic rings. The molecule has 4 rings (SSSR count). The summed E-state index contributed by atoms with van der Waals surface area (Å²) in [6.07, 6.45) is 0. The van der Waals surface area contributed by atoms with Gasteiger partial charge in [-0.3, -0.25) is 4.72 Å². The Bertz CT molecular complexity index is 1270. The summed E-state index contributed by atoms with van der Waals surface area (Å²) in [5.41, 5.74) is 2.60. The molecule has 0 saturated carbocycles. The fourth-order valence-corrected chi connectivity index (χ4v) is 4.73. The van der Waals surface area contributed by atoms with Crippen LogP contribution in [0.3, 0.4) is 0 Å². The number of nitrogens with one attached hydrogen (secondary N) is 1. The number of halogens is 2. The lowest BCUT2D eigenvalue weighted by molar-refractivity contribution is 0.555. The van der Waals surface area contributed by atoms with Gasteiger partial charge in [0.2, 0.25) is 0 Å². The first kappa shape index (κ1) is 19.2. The largest absolute Gasteiger partial charge is 0.280 e. The molecule has 0 saturated heterocycles. The Kier molecular flexibility index (Phi) is 5.12. The maximum absolute atomic E-state index is 13.9. The molecule has 0 spiro atoms. The van der Waals surface area contributed by atoms with Crippen molar-refractivity contribution >= 4 is 27.0 Å². The highest BCUT2D eigenvalue weighted by Gasteiger charge is 2.20. The number of rotatable bonds is 5. The van der Waals surface area contributed by atoms with E-state index in [2.05, 4.69) is 9.71 Å². The van der Waals surface area contributed by atoms with Crippen molar-refractivity contribution in [2.24, 2.45) is 0 Å². The minimum absolute atomic E-state index is 0.223. The van der Waals surface area contributed by atoms with E-state index >= 15 is 0 Å². The van der Waals surface area contributed by atoms with Crippen molar-refractivity contribution in [3.63, 3.8) is 0 Å². The maximum Gasteiger partial charge on any atom is 0.264 e. The van der Waals surface area contributed by atoms with Crippen molar-refractivity contribution in [1.82, 2.24) is 4.98 Å². The van der Waals surface area contributed by atoms with Crippen LogP contribution in [0.15, 0.2) is 83.1 Å². The molecule has 0 fully saturated rings. The van der Waals surface area contributed by atoms with Crippen molar-refractivity contribution in [2.75, 3.05) is 4.72 Å². The predicted molar refractivity (Wildman–Crippen MR) is 110 cm³/mol. The molecule has 0 radical (unpaired) electrons. The van der Waals surface area contributed by atoms with Crippen LogP contribution in [-0.2, 0) is 10.0 Å². The van der Waals surface area contributed by atoms with Crippen molar-refractivity contribution < 1.29 is 17.2 Å². The molecule has 4 aromatic rings. The summed E-state index contributed by atoms with van der Waals surface area (Å²) < 4.78 is 54.5. The lowest BCUT2D eigenvalue weighted by Crippen LogP contribution is -2.15. The first-order valence-corrected chi connectivity index (χ1v) is 10.9. The molecule has 146 valence electrons. The minimum atomic E-state index is -4.29. The summed E-state index contributed by atoms with van der Waals surface area (Å²) in [5.74, 6) is -1.86. The maximum atomic E-state index is 13.9. The molecule has 0 aliphatic heterocycles. The zero-order chi connectivity index (χ0) is 20.4. The number of sulfonamides is 1. The number of hydrogen-bond acceptors (Lipinski definition) is 4. The second-order valence-electron chi connectivity index (χ2n) is 6.16. The average Bonchev–Trinajstić information content (AvgIpc) is 3.21. The highest BCUT2D eigenvalue weighted by molar-refractivity contribution is 7.92. The number of nitrogens with zero attached hydrogens (tertiary/aromatic N) is 1. The normalized spacial score (nSPS) is 11.4. The zero-order valence-electron chi connectivity index (χ0n) is 14.8. The highest BCUT2D eigenvalue weighted by atomic mass is 32.2. The van der Waals surface area contributed by atoms with Crippen LogP contribution in [0.4, 0.5) is 14.5 Å². The van der Waals surface area contributed by atoms with Crippen LogP contribution in [0, 0.1) is 11.6 Å². The Morgan fingerprint density at radius 1 is 0.862 bits per heavy atom. The van der Waals surface area contributed by atoms with E-state index in [1.165, 1.54) is 17.4 Å². The Hall–Kier alpha value is -3.10. The third-order valence-electron chi connectivity index (χ3n) is 4.12. The van der Waals surface area contributed by atoms with Gasteiger partial charge in [0.15, 0.2) is 0 Å². The molecule has 0 amide bonds. The van der Waals surface area contributed by atoms with Crippen molar-refractivity contribution in [3.8, 4) is 21.8 Å². The van der Waals surface area contributed by atoms with E-state index in [1.54, 1.807) is 18.2 Å². The van der Waals surface area contributed by atoms with Gasteiger partial charge in [-0.05, 0) is 30.3 Å². The number of hydrogen-bond donors (Lipinski definition) is 1. The second kappa shape index (κ2) is 7.73. The molecule has 0 bridgehead atoms. The molecule has 8 heteroatoms. The highest BCUT2D eigenvalue weighted by Crippen LogP contribution is 2.30. The topological polar surface area (TPSA) is 59.1 Å². The molecule has 0 aliphatic carbocycles. The Balaban J connectivity index is 1.63. The van der Waals surface area contributed by atoms with Gasteiger partial charge in [-0.2, -0.15) is 0 Å². The van der Waals surface area contributed by atoms with Gasteiger partial charge in [0.1, 0.15) is 21.5 Å². The minimum Gasteiger partial charge on any atom is -0.280 e. The van der Waals surface area contributed by atoms with Gasteiger partial charge in [0.25, 0.3) is 10.0 Å². The van der Waals surface area contributed by atoms with E-state index in [9.17, 15) is 17.2 Å². The van der Waals surface area contributed by atoms with Gasteiger partial charge >= 0.3 is 0 Å². The van der Waals surface area contributed by atoms with Crippen LogP contribution in [-0.4, -0.2) is 13.4 Å². The number of anilines is 1. The summed E-state index contributed by atoms with van der Waals surface area (Å²) in [6.45, 7) is 0. The smallest absolute Gasteiger partial charge is 0.264 e. The molecule has 1 aromatic heterocycles. The van der Waals surface area contributed by atoms with Crippen LogP contribution >= 0.6 is 11.3 Å². The average molecular weight is 428 g/mol. The fourth-order valence-electron chi connectivity index (χ4n) is 2.75. The zero-order valence-corrected chi connectivity index (χ0v) is 16.5. The fraction of sp³-hybridized carbons (Fsp3) is 0. The Morgan fingerprint density at radius 2 is 1.62 bits per heavy atom. The van der Waals surface area contributed by atoms with Crippen molar-refractivity contribution in [2.45, 2.75) is 4.90 Å².